The van der Waals surface area contributed by atoms with Crippen LogP contribution in [0.25, 0.3) is 0 Å². The Kier molecular flexibility index (Phi) is 4.32. The second kappa shape index (κ2) is 5.85. The molecule has 1 aliphatic rings. The van der Waals surface area contributed by atoms with Gasteiger partial charge < -0.3 is 10.0 Å². The van der Waals surface area contributed by atoms with Gasteiger partial charge in [-0.25, -0.2) is 4.79 Å². The Bertz CT molecular complexity index is 640. The number of likely N-dealkylation sites (N-methyl/N-ethyl adjacent to an activating group) is 1. The van der Waals surface area contributed by atoms with Crippen molar-refractivity contribution in [3.63, 3.8) is 0 Å². The second-order valence-corrected chi connectivity index (χ2v) is 5.80. The van der Waals surface area contributed by atoms with E-state index in [2.05, 4.69) is 0 Å². The molecule has 1 aromatic rings. The van der Waals surface area contributed by atoms with Crippen LogP contribution in [0.3, 0.4) is 0 Å². The van der Waals surface area contributed by atoms with Crippen molar-refractivity contribution in [2.75, 3.05) is 13.6 Å². The van der Waals surface area contributed by atoms with E-state index >= 15 is 0 Å². The van der Waals surface area contributed by atoms with E-state index in [-0.39, 0.29) is 19.0 Å². The third-order valence-corrected chi connectivity index (χ3v) is 4.06. The summed E-state index contributed by atoms with van der Waals surface area (Å²) in [4.78, 5) is 36.8. The molecule has 0 atom stereocenters. The fourth-order valence-corrected chi connectivity index (χ4v) is 2.72. The Morgan fingerprint density at radius 3 is 2.62 bits per heavy atom. The molecule has 7 heteroatoms. The minimum Gasteiger partial charge on any atom is -0.388 e. The molecular formula is C14H21N3O4. The van der Waals surface area contributed by atoms with Gasteiger partial charge in [-0.1, -0.05) is 12.8 Å². The Labute approximate surface area is 122 Å². The average molecular weight is 295 g/mol. The standard InChI is InChI=1S/C14H21N3O4/c1-15(10-14(21)6-3-4-7-14)12(19)9-17-8-5-11(18)16(2)13(17)20/h5,8,21H,3-4,6-7,9-10H2,1-2H3. The zero-order valence-corrected chi connectivity index (χ0v) is 12.4. The van der Waals surface area contributed by atoms with Crippen LogP contribution in [0.5, 0.6) is 0 Å². The Hall–Kier alpha value is -1.89. The Balaban J connectivity index is 2.06. The second-order valence-electron chi connectivity index (χ2n) is 5.80. The summed E-state index contributed by atoms with van der Waals surface area (Å²) < 4.78 is 2.15. The maximum atomic E-state index is 12.2. The SMILES string of the molecule is CN(CC1(O)CCCC1)C(=O)Cn1ccc(=O)n(C)c1=O. The van der Waals surface area contributed by atoms with Crippen LogP contribution in [0.1, 0.15) is 25.7 Å². The van der Waals surface area contributed by atoms with Crippen LogP contribution < -0.4 is 11.2 Å². The zero-order chi connectivity index (χ0) is 15.6. The topological polar surface area (TPSA) is 84.5 Å². The third kappa shape index (κ3) is 3.41. The predicted octanol–water partition coefficient (Wildman–Crippen LogP) is -0.689. The molecule has 0 aliphatic heterocycles. The highest BCUT2D eigenvalue weighted by Crippen LogP contribution is 2.29. The first-order valence-corrected chi connectivity index (χ1v) is 7.05. The van der Waals surface area contributed by atoms with Crippen molar-refractivity contribution in [1.29, 1.82) is 0 Å². The van der Waals surface area contributed by atoms with Crippen LogP contribution in [0, 0.1) is 0 Å². The van der Waals surface area contributed by atoms with Crippen molar-refractivity contribution >= 4 is 5.91 Å². The molecule has 1 amide bonds. The molecule has 1 saturated carbocycles. The fraction of sp³-hybridized carbons (Fsp3) is 0.643. The van der Waals surface area contributed by atoms with E-state index < -0.39 is 16.9 Å². The summed E-state index contributed by atoms with van der Waals surface area (Å²) in [7, 11) is 2.99. The number of hydrogen-bond donors (Lipinski definition) is 1. The van der Waals surface area contributed by atoms with E-state index in [4.69, 9.17) is 0 Å². The summed E-state index contributed by atoms with van der Waals surface area (Å²) in [5, 5.41) is 10.3. The molecular weight excluding hydrogens is 274 g/mol. The van der Waals surface area contributed by atoms with Crippen LogP contribution in [0.2, 0.25) is 0 Å². The first kappa shape index (κ1) is 15.5. The van der Waals surface area contributed by atoms with Gasteiger partial charge in [0.15, 0.2) is 0 Å². The third-order valence-electron chi connectivity index (χ3n) is 4.06. The molecule has 1 heterocycles. The number of carbonyl (C=O) groups excluding carboxylic acids is 1. The van der Waals surface area contributed by atoms with Gasteiger partial charge in [0.05, 0.1) is 5.60 Å². The van der Waals surface area contributed by atoms with E-state index in [1.807, 2.05) is 0 Å². The van der Waals surface area contributed by atoms with Crippen molar-refractivity contribution in [2.24, 2.45) is 7.05 Å². The number of amides is 1. The van der Waals surface area contributed by atoms with Crippen molar-refractivity contribution in [3.05, 3.63) is 33.1 Å². The highest BCUT2D eigenvalue weighted by atomic mass is 16.3. The van der Waals surface area contributed by atoms with E-state index in [0.717, 1.165) is 17.4 Å². The van der Waals surface area contributed by atoms with Gasteiger partial charge in [0, 0.05) is 32.9 Å². The lowest BCUT2D eigenvalue weighted by molar-refractivity contribution is -0.133. The van der Waals surface area contributed by atoms with Crippen molar-refractivity contribution in [2.45, 2.75) is 37.8 Å². The number of aliphatic hydroxyl groups is 1. The summed E-state index contributed by atoms with van der Waals surface area (Å²) in [5.74, 6) is -0.268. The van der Waals surface area contributed by atoms with Crippen LogP contribution in [-0.4, -0.2) is 44.2 Å². The maximum absolute atomic E-state index is 12.2. The summed E-state index contributed by atoms with van der Waals surface area (Å²) >= 11 is 0. The van der Waals surface area contributed by atoms with Gasteiger partial charge in [-0.3, -0.25) is 18.7 Å². The monoisotopic (exact) mass is 295 g/mol. The summed E-state index contributed by atoms with van der Waals surface area (Å²) in [6.07, 6.45) is 4.66. The van der Waals surface area contributed by atoms with E-state index in [0.29, 0.717) is 12.8 Å². The van der Waals surface area contributed by atoms with Crippen molar-refractivity contribution in [3.8, 4) is 0 Å². The van der Waals surface area contributed by atoms with E-state index in [9.17, 15) is 19.5 Å². The molecule has 21 heavy (non-hydrogen) atoms. The molecule has 1 aromatic heterocycles. The molecule has 2 rings (SSSR count). The first-order chi connectivity index (χ1) is 9.82. The van der Waals surface area contributed by atoms with Gasteiger partial charge >= 0.3 is 5.69 Å². The lowest BCUT2D eigenvalue weighted by atomic mass is 10.0. The molecule has 0 aromatic carbocycles. The van der Waals surface area contributed by atoms with Crippen molar-refractivity contribution < 1.29 is 9.90 Å². The first-order valence-electron chi connectivity index (χ1n) is 7.05. The van der Waals surface area contributed by atoms with Crippen LogP contribution >= 0.6 is 0 Å². The van der Waals surface area contributed by atoms with Gasteiger partial charge in [0.25, 0.3) is 5.56 Å². The van der Waals surface area contributed by atoms with Gasteiger partial charge in [-0.05, 0) is 12.8 Å². The molecule has 0 radical (unpaired) electrons. The lowest BCUT2D eigenvalue weighted by Gasteiger charge is -2.28. The average Bonchev–Trinajstić information content (AvgIpc) is 2.85. The quantitative estimate of drug-likeness (QED) is 0.797. The highest BCUT2D eigenvalue weighted by molar-refractivity contribution is 5.75. The van der Waals surface area contributed by atoms with Crippen molar-refractivity contribution in [1.82, 2.24) is 14.0 Å². The van der Waals surface area contributed by atoms with Gasteiger partial charge in [0.2, 0.25) is 5.91 Å². The number of hydrogen-bond acceptors (Lipinski definition) is 4. The number of carbonyl (C=O) groups is 1. The number of nitrogens with zero attached hydrogens (tertiary/aromatic N) is 3. The van der Waals surface area contributed by atoms with Crippen LogP contribution in [-0.2, 0) is 18.4 Å². The van der Waals surface area contributed by atoms with Gasteiger partial charge in [-0.2, -0.15) is 0 Å². The molecule has 7 nitrogen and oxygen atoms in total. The minimum atomic E-state index is -0.807. The van der Waals surface area contributed by atoms with E-state index in [1.54, 1.807) is 7.05 Å². The summed E-state index contributed by atoms with van der Waals surface area (Å²) in [6, 6.07) is 1.25. The molecule has 1 N–H and O–H groups in total. The number of rotatable bonds is 4. The molecule has 0 bridgehead atoms. The van der Waals surface area contributed by atoms with Gasteiger partial charge in [-0.15, -0.1) is 0 Å². The molecule has 0 unspecified atom stereocenters. The predicted molar refractivity (Wildman–Crippen MR) is 77.0 cm³/mol. The summed E-state index contributed by atoms with van der Waals surface area (Å²) in [5.41, 5.74) is -1.74. The zero-order valence-electron chi connectivity index (χ0n) is 12.4. The smallest absolute Gasteiger partial charge is 0.331 e. The molecule has 116 valence electrons. The molecule has 0 spiro atoms. The van der Waals surface area contributed by atoms with Gasteiger partial charge in [0.1, 0.15) is 6.54 Å². The lowest BCUT2D eigenvalue weighted by Crippen LogP contribution is -2.45. The Morgan fingerprint density at radius 2 is 2.00 bits per heavy atom. The maximum Gasteiger partial charge on any atom is 0.331 e. The van der Waals surface area contributed by atoms with Crippen LogP contribution in [0.15, 0.2) is 21.9 Å². The Morgan fingerprint density at radius 1 is 1.38 bits per heavy atom. The number of aromatic nitrogens is 2. The summed E-state index contributed by atoms with van der Waals surface area (Å²) in [6.45, 7) is 0.131. The largest absolute Gasteiger partial charge is 0.388 e. The molecule has 1 fully saturated rings. The minimum absolute atomic E-state index is 0.139. The van der Waals surface area contributed by atoms with E-state index in [1.165, 1.54) is 28.8 Å². The molecule has 0 saturated heterocycles. The van der Waals surface area contributed by atoms with Crippen LogP contribution in [0.4, 0.5) is 0 Å². The fourth-order valence-electron chi connectivity index (χ4n) is 2.72. The normalized spacial score (nSPS) is 16.9. The highest BCUT2D eigenvalue weighted by Gasteiger charge is 2.33. The molecule has 1 aliphatic carbocycles.